The van der Waals surface area contributed by atoms with Crippen molar-refractivity contribution in [3.63, 3.8) is 0 Å². The molecule has 0 spiro atoms. The molecule has 13 heteroatoms. The fourth-order valence-electron chi connectivity index (χ4n) is 6.67. The Bertz CT molecular complexity index is 1810. The fourth-order valence-corrected chi connectivity index (χ4v) is 7.43. The maximum atomic E-state index is 16.5. The first kappa shape index (κ1) is 24.8. The van der Waals surface area contributed by atoms with Gasteiger partial charge in [-0.2, -0.15) is 9.97 Å². The van der Waals surface area contributed by atoms with Crippen LogP contribution in [0.4, 0.5) is 19.7 Å². The van der Waals surface area contributed by atoms with Gasteiger partial charge < -0.3 is 19.9 Å². The molecule has 3 aliphatic heterocycles. The van der Waals surface area contributed by atoms with Crippen LogP contribution in [-0.2, 0) is 13.1 Å². The van der Waals surface area contributed by atoms with Gasteiger partial charge in [0.15, 0.2) is 10.9 Å². The molecular formula is C28H27F2N9OS. The van der Waals surface area contributed by atoms with E-state index in [1.165, 1.54) is 11.3 Å². The van der Waals surface area contributed by atoms with Crippen molar-refractivity contribution in [3.05, 3.63) is 48.4 Å². The number of para-hydroxylation sites is 1. The van der Waals surface area contributed by atoms with Crippen LogP contribution in [0, 0.1) is 5.82 Å². The van der Waals surface area contributed by atoms with Gasteiger partial charge >= 0.3 is 6.01 Å². The second-order valence-corrected chi connectivity index (χ2v) is 12.1. The van der Waals surface area contributed by atoms with E-state index >= 15 is 4.39 Å². The number of aromatic nitrogens is 6. The molecule has 2 saturated heterocycles. The lowest BCUT2D eigenvalue weighted by Crippen LogP contribution is -2.43. The van der Waals surface area contributed by atoms with Gasteiger partial charge in [-0.3, -0.25) is 9.88 Å². The molecule has 2 N–H and O–H groups in total. The Kier molecular flexibility index (Phi) is 5.61. The molecule has 0 bridgehead atoms. The van der Waals surface area contributed by atoms with Crippen LogP contribution in [-0.4, -0.2) is 72.3 Å². The molecule has 210 valence electrons. The lowest BCUT2D eigenvalue weighted by atomic mass is 9.95. The van der Waals surface area contributed by atoms with E-state index < -0.39 is 12.0 Å². The first-order valence-corrected chi connectivity index (χ1v) is 14.6. The first-order valence-electron chi connectivity index (χ1n) is 13.8. The van der Waals surface area contributed by atoms with E-state index in [-0.39, 0.29) is 29.4 Å². The zero-order valence-electron chi connectivity index (χ0n) is 22.1. The highest BCUT2D eigenvalue weighted by Crippen LogP contribution is 2.41. The summed E-state index contributed by atoms with van der Waals surface area (Å²) in [7, 11) is 0. The minimum Gasteiger partial charge on any atom is -0.461 e. The van der Waals surface area contributed by atoms with Gasteiger partial charge in [-0.1, -0.05) is 23.5 Å². The van der Waals surface area contributed by atoms with Crippen LogP contribution in [0.15, 0.2) is 36.8 Å². The minimum atomic E-state index is -0.877. The van der Waals surface area contributed by atoms with Gasteiger partial charge in [0.25, 0.3) is 0 Å². The van der Waals surface area contributed by atoms with Crippen LogP contribution < -0.4 is 15.4 Å². The van der Waals surface area contributed by atoms with E-state index in [2.05, 4.69) is 34.3 Å². The molecule has 2 atom stereocenters. The summed E-state index contributed by atoms with van der Waals surface area (Å²) in [6.45, 7) is 3.39. The van der Waals surface area contributed by atoms with E-state index in [9.17, 15) is 4.39 Å². The molecular weight excluding hydrogens is 548 g/mol. The lowest BCUT2D eigenvalue weighted by molar-refractivity contribution is 0.107. The number of halogens is 2. The predicted octanol–water partition coefficient (Wildman–Crippen LogP) is 4.19. The number of thiazole rings is 1. The molecule has 1 aromatic carbocycles. The molecule has 0 unspecified atom stereocenters. The maximum absolute atomic E-state index is 16.5. The Labute approximate surface area is 237 Å². The second kappa shape index (κ2) is 9.28. The molecule has 41 heavy (non-hydrogen) atoms. The Morgan fingerprint density at radius 2 is 2.05 bits per heavy atom. The largest absolute Gasteiger partial charge is 0.461 e. The van der Waals surface area contributed by atoms with Crippen molar-refractivity contribution in [1.82, 2.24) is 34.4 Å². The molecule has 5 aromatic rings. The molecule has 4 aromatic heterocycles. The van der Waals surface area contributed by atoms with E-state index in [1.54, 1.807) is 18.5 Å². The zero-order chi connectivity index (χ0) is 27.7. The van der Waals surface area contributed by atoms with Gasteiger partial charge in [-0.15, -0.1) is 0 Å². The minimum absolute atomic E-state index is 0.0668. The predicted molar refractivity (Wildman–Crippen MR) is 152 cm³/mol. The molecule has 0 aliphatic carbocycles. The highest BCUT2D eigenvalue weighted by atomic mass is 32.1. The Morgan fingerprint density at radius 3 is 2.98 bits per heavy atom. The number of hydrogen-bond acceptors (Lipinski definition) is 10. The topological polar surface area (TPSA) is 111 Å². The summed E-state index contributed by atoms with van der Waals surface area (Å²) in [4.78, 5) is 27.0. The molecule has 7 heterocycles. The lowest BCUT2D eigenvalue weighted by Gasteiger charge is -2.31. The molecule has 0 amide bonds. The number of fused-ring (bicyclic) bond motifs is 4. The fraction of sp³-hybridized carbons (Fsp3) is 0.393. The molecule has 0 saturated carbocycles. The summed E-state index contributed by atoms with van der Waals surface area (Å²) in [5, 5.41) is 0.883. The van der Waals surface area contributed by atoms with Crippen LogP contribution in [0.5, 0.6) is 6.01 Å². The SMILES string of the molecule is Nc1nc2c(-c3ncc4c(N5CCn6ccnc6C5)nc(OC[C@@]56CCCN5C[C@H](F)C6)nc4c3F)cccc2s1. The molecule has 10 nitrogen and oxygen atoms in total. The third-order valence-corrected chi connectivity index (χ3v) is 9.46. The zero-order valence-corrected chi connectivity index (χ0v) is 22.9. The number of hydrogen-bond donors (Lipinski definition) is 1. The van der Waals surface area contributed by atoms with Gasteiger partial charge in [0, 0.05) is 50.2 Å². The number of alkyl halides is 1. The average Bonchev–Trinajstić information content (AvgIpc) is 3.74. The normalized spacial score (nSPS) is 22.5. The number of nitrogens with zero attached hydrogens (tertiary/aromatic N) is 8. The van der Waals surface area contributed by atoms with Gasteiger partial charge in [0.1, 0.15) is 35.6 Å². The van der Waals surface area contributed by atoms with Crippen LogP contribution in [0.25, 0.3) is 32.4 Å². The van der Waals surface area contributed by atoms with Crippen molar-refractivity contribution < 1.29 is 13.5 Å². The standard InChI is InChI=1S/C28H27F2N9OS/c29-16-11-28(5-2-7-39(28)13-16)15-40-27-35-24-18(25(36-27)38-10-9-37-8-6-32-20(37)14-38)12-33-23(21(24)30)17-3-1-4-19-22(17)34-26(31)41-19/h1,3-4,6,8,12,16H,2,5,7,9-11,13-15H2,(H2,31,34)/t16-,28+/m1/s1. The summed E-state index contributed by atoms with van der Waals surface area (Å²) in [5.41, 5.74) is 6.96. The quantitative estimate of drug-likeness (QED) is 0.330. The van der Waals surface area contributed by atoms with Gasteiger partial charge in [-0.25, -0.2) is 18.7 Å². The van der Waals surface area contributed by atoms with Gasteiger partial charge in [-0.05, 0) is 25.5 Å². The number of anilines is 2. The number of imidazole rings is 1. The summed E-state index contributed by atoms with van der Waals surface area (Å²) in [5.74, 6) is 0.839. The Morgan fingerprint density at radius 1 is 1.12 bits per heavy atom. The monoisotopic (exact) mass is 575 g/mol. The number of nitrogen functional groups attached to an aromatic ring is 1. The Hall–Kier alpha value is -3.97. The first-order chi connectivity index (χ1) is 20.0. The number of ether oxygens (including phenoxy) is 1. The highest BCUT2D eigenvalue weighted by molar-refractivity contribution is 7.22. The third kappa shape index (κ3) is 4.01. The van der Waals surface area contributed by atoms with Gasteiger partial charge in [0.05, 0.1) is 27.7 Å². The second-order valence-electron chi connectivity index (χ2n) is 11.0. The summed E-state index contributed by atoms with van der Waals surface area (Å²) in [6, 6.07) is 5.58. The number of rotatable bonds is 5. The number of pyridine rings is 1. The summed E-state index contributed by atoms with van der Waals surface area (Å²) in [6.07, 6.45) is 6.73. The van der Waals surface area contributed by atoms with Crippen molar-refractivity contribution >= 4 is 43.4 Å². The van der Waals surface area contributed by atoms with Crippen LogP contribution >= 0.6 is 11.3 Å². The van der Waals surface area contributed by atoms with E-state index in [4.69, 9.17) is 15.5 Å². The van der Waals surface area contributed by atoms with E-state index in [1.807, 2.05) is 18.3 Å². The number of benzene rings is 1. The van der Waals surface area contributed by atoms with Crippen LogP contribution in [0.2, 0.25) is 0 Å². The Balaban J connectivity index is 1.24. The van der Waals surface area contributed by atoms with E-state index in [0.717, 1.165) is 29.9 Å². The van der Waals surface area contributed by atoms with Crippen LogP contribution in [0.3, 0.4) is 0 Å². The average molecular weight is 576 g/mol. The molecule has 0 radical (unpaired) electrons. The van der Waals surface area contributed by atoms with Crippen LogP contribution in [0.1, 0.15) is 25.1 Å². The number of nitrogens with two attached hydrogens (primary N) is 1. The molecule has 3 aliphatic rings. The van der Waals surface area contributed by atoms with Crippen molar-refractivity contribution in [2.45, 2.75) is 44.1 Å². The maximum Gasteiger partial charge on any atom is 0.319 e. The van der Waals surface area contributed by atoms with Crippen molar-refractivity contribution in [2.75, 3.05) is 36.9 Å². The summed E-state index contributed by atoms with van der Waals surface area (Å²) < 4.78 is 40.0. The molecule has 8 rings (SSSR count). The smallest absolute Gasteiger partial charge is 0.319 e. The van der Waals surface area contributed by atoms with Crippen molar-refractivity contribution in [3.8, 4) is 17.3 Å². The third-order valence-electron chi connectivity index (χ3n) is 8.61. The molecule has 2 fully saturated rings. The van der Waals surface area contributed by atoms with Crippen molar-refractivity contribution in [2.24, 2.45) is 0 Å². The summed E-state index contributed by atoms with van der Waals surface area (Å²) >= 11 is 1.34. The highest BCUT2D eigenvalue weighted by Gasteiger charge is 2.49. The van der Waals surface area contributed by atoms with E-state index in [0.29, 0.717) is 60.0 Å². The van der Waals surface area contributed by atoms with Gasteiger partial charge in [0.2, 0.25) is 0 Å². The van der Waals surface area contributed by atoms with Crippen molar-refractivity contribution in [1.29, 1.82) is 0 Å².